The monoisotopic (exact) mass is 257 g/mol. The van der Waals surface area contributed by atoms with Gasteiger partial charge < -0.3 is 14.7 Å². The maximum atomic E-state index is 10.8. The molecule has 0 aliphatic heterocycles. The lowest BCUT2D eigenvalue weighted by molar-refractivity contribution is -0.140. The standard InChI is InChI=1S/C12H16ClNO3/c1-8(12(15)16)7-14(2)9-4-5-11(17-3)10(13)6-9/h4-6,8H,7H2,1-3H3,(H,15,16). The van der Waals surface area contributed by atoms with Crippen LogP contribution in [0.3, 0.4) is 0 Å². The van der Waals surface area contributed by atoms with Gasteiger partial charge in [-0.2, -0.15) is 0 Å². The van der Waals surface area contributed by atoms with E-state index in [2.05, 4.69) is 0 Å². The lowest BCUT2D eigenvalue weighted by atomic mass is 10.1. The molecular formula is C12H16ClNO3. The van der Waals surface area contributed by atoms with Crippen molar-refractivity contribution in [3.8, 4) is 5.75 Å². The minimum Gasteiger partial charge on any atom is -0.495 e. The van der Waals surface area contributed by atoms with E-state index in [-0.39, 0.29) is 0 Å². The number of anilines is 1. The minimum atomic E-state index is -0.809. The zero-order valence-electron chi connectivity index (χ0n) is 10.1. The summed E-state index contributed by atoms with van der Waals surface area (Å²) >= 11 is 6.00. The Morgan fingerprint density at radius 1 is 1.59 bits per heavy atom. The zero-order valence-corrected chi connectivity index (χ0v) is 10.9. The number of benzene rings is 1. The molecule has 1 atom stereocenters. The Morgan fingerprint density at radius 2 is 2.24 bits per heavy atom. The second kappa shape index (κ2) is 5.77. The highest BCUT2D eigenvalue weighted by molar-refractivity contribution is 6.32. The van der Waals surface area contributed by atoms with Crippen molar-refractivity contribution in [1.82, 2.24) is 0 Å². The van der Waals surface area contributed by atoms with Gasteiger partial charge >= 0.3 is 5.97 Å². The molecule has 0 saturated heterocycles. The SMILES string of the molecule is COc1ccc(N(C)CC(C)C(=O)O)cc1Cl. The molecule has 4 nitrogen and oxygen atoms in total. The number of aliphatic carboxylic acids is 1. The fraction of sp³-hybridized carbons (Fsp3) is 0.417. The molecule has 0 fully saturated rings. The topological polar surface area (TPSA) is 49.8 Å². The fourth-order valence-electron chi connectivity index (χ4n) is 1.49. The Balaban J connectivity index is 2.79. The molecule has 1 N–H and O–H groups in total. The van der Waals surface area contributed by atoms with Gasteiger partial charge in [-0.15, -0.1) is 0 Å². The van der Waals surface area contributed by atoms with Gasteiger partial charge in [-0.05, 0) is 18.2 Å². The van der Waals surface area contributed by atoms with E-state index in [0.717, 1.165) is 5.69 Å². The second-order valence-electron chi connectivity index (χ2n) is 3.94. The molecule has 1 aromatic carbocycles. The highest BCUT2D eigenvalue weighted by Crippen LogP contribution is 2.28. The lowest BCUT2D eigenvalue weighted by Gasteiger charge is -2.22. The Morgan fingerprint density at radius 3 is 2.71 bits per heavy atom. The number of carboxylic acids is 1. The van der Waals surface area contributed by atoms with E-state index in [1.807, 2.05) is 18.0 Å². The van der Waals surface area contributed by atoms with E-state index in [1.165, 1.54) is 0 Å². The Labute approximate surface area is 106 Å². The van der Waals surface area contributed by atoms with Crippen molar-refractivity contribution < 1.29 is 14.6 Å². The number of ether oxygens (including phenoxy) is 1. The van der Waals surface area contributed by atoms with Crippen LogP contribution in [0.4, 0.5) is 5.69 Å². The first-order valence-electron chi connectivity index (χ1n) is 5.23. The first-order chi connectivity index (χ1) is 7.95. The van der Waals surface area contributed by atoms with Crippen LogP contribution in [-0.4, -0.2) is 31.8 Å². The van der Waals surface area contributed by atoms with Crippen LogP contribution < -0.4 is 9.64 Å². The van der Waals surface area contributed by atoms with Crippen LogP contribution in [0.25, 0.3) is 0 Å². The van der Waals surface area contributed by atoms with E-state index < -0.39 is 11.9 Å². The third-order valence-electron chi connectivity index (χ3n) is 2.55. The normalized spacial score (nSPS) is 12.0. The summed E-state index contributed by atoms with van der Waals surface area (Å²) in [6.07, 6.45) is 0. The van der Waals surface area contributed by atoms with Gasteiger partial charge in [-0.3, -0.25) is 4.79 Å². The maximum Gasteiger partial charge on any atom is 0.308 e. The minimum absolute atomic E-state index is 0.429. The van der Waals surface area contributed by atoms with Crippen LogP contribution in [0, 0.1) is 5.92 Å². The van der Waals surface area contributed by atoms with Gasteiger partial charge in [0, 0.05) is 19.3 Å². The number of methoxy groups -OCH3 is 1. The highest BCUT2D eigenvalue weighted by atomic mass is 35.5. The van der Waals surface area contributed by atoms with Crippen LogP contribution >= 0.6 is 11.6 Å². The van der Waals surface area contributed by atoms with Crippen molar-refractivity contribution >= 4 is 23.3 Å². The summed E-state index contributed by atoms with van der Waals surface area (Å²) in [6, 6.07) is 5.37. The Hall–Kier alpha value is -1.42. The van der Waals surface area contributed by atoms with E-state index in [1.54, 1.807) is 26.2 Å². The van der Waals surface area contributed by atoms with Crippen LogP contribution in [0.15, 0.2) is 18.2 Å². The number of hydrogen-bond donors (Lipinski definition) is 1. The predicted molar refractivity (Wildman–Crippen MR) is 68.1 cm³/mol. The van der Waals surface area contributed by atoms with Gasteiger partial charge in [0.05, 0.1) is 18.1 Å². The average molecular weight is 258 g/mol. The average Bonchev–Trinajstić information content (AvgIpc) is 2.28. The first-order valence-corrected chi connectivity index (χ1v) is 5.61. The molecule has 0 aliphatic carbocycles. The first kappa shape index (κ1) is 13.6. The summed E-state index contributed by atoms with van der Waals surface area (Å²) in [7, 11) is 3.38. The molecular weight excluding hydrogens is 242 g/mol. The van der Waals surface area contributed by atoms with Crippen molar-refractivity contribution in [2.75, 3.05) is 25.6 Å². The van der Waals surface area contributed by atoms with Crippen LogP contribution in [0.2, 0.25) is 5.02 Å². The van der Waals surface area contributed by atoms with E-state index in [0.29, 0.717) is 17.3 Å². The molecule has 1 rings (SSSR count). The summed E-state index contributed by atoms with van der Waals surface area (Å²) in [4.78, 5) is 12.6. The van der Waals surface area contributed by atoms with Gasteiger partial charge in [0.15, 0.2) is 0 Å². The van der Waals surface area contributed by atoms with Crippen LogP contribution in [-0.2, 0) is 4.79 Å². The second-order valence-corrected chi connectivity index (χ2v) is 4.35. The van der Waals surface area contributed by atoms with E-state index >= 15 is 0 Å². The molecule has 0 spiro atoms. The predicted octanol–water partition coefficient (Wildman–Crippen LogP) is 2.51. The zero-order chi connectivity index (χ0) is 13.0. The van der Waals surface area contributed by atoms with Gasteiger partial charge in [0.2, 0.25) is 0 Å². The smallest absolute Gasteiger partial charge is 0.308 e. The summed E-state index contributed by atoms with van der Waals surface area (Å²) in [6.45, 7) is 2.10. The Bertz CT molecular complexity index is 409. The maximum absolute atomic E-state index is 10.8. The molecule has 1 aromatic rings. The molecule has 0 amide bonds. The van der Waals surface area contributed by atoms with E-state index in [9.17, 15) is 4.79 Å². The molecule has 0 aromatic heterocycles. The molecule has 0 heterocycles. The molecule has 0 bridgehead atoms. The highest BCUT2D eigenvalue weighted by Gasteiger charge is 2.14. The summed E-state index contributed by atoms with van der Waals surface area (Å²) in [5.74, 6) is -0.632. The summed E-state index contributed by atoms with van der Waals surface area (Å²) in [5.41, 5.74) is 0.865. The summed E-state index contributed by atoms with van der Waals surface area (Å²) in [5, 5.41) is 9.36. The quantitative estimate of drug-likeness (QED) is 0.881. The van der Waals surface area contributed by atoms with Gasteiger partial charge in [0.1, 0.15) is 5.75 Å². The fourth-order valence-corrected chi connectivity index (χ4v) is 1.74. The number of nitrogens with zero attached hydrogens (tertiary/aromatic N) is 1. The van der Waals surface area contributed by atoms with Crippen molar-refractivity contribution in [1.29, 1.82) is 0 Å². The number of carboxylic acid groups (broad SMARTS) is 1. The molecule has 5 heteroatoms. The summed E-state index contributed by atoms with van der Waals surface area (Å²) < 4.78 is 5.05. The van der Waals surface area contributed by atoms with Crippen LogP contribution in [0.1, 0.15) is 6.92 Å². The van der Waals surface area contributed by atoms with Crippen molar-refractivity contribution in [2.45, 2.75) is 6.92 Å². The van der Waals surface area contributed by atoms with Crippen LogP contribution in [0.5, 0.6) is 5.75 Å². The molecule has 17 heavy (non-hydrogen) atoms. The third kappa shape index (κ3) is 3.53. The third-order valence-corrected chi connectivity index (χ3v) is 2.84. The molecule has 0 aliphatic rings. The lowest BCUT2D eigenvalue weighted by Crippen LogP contribution is -2.28. The van der Waals surface area contributed by atoms with Crippen molar-refractivity contribution in [2.24, 2.45) is 5.92 Å². The number of carbonyl (C=O) groups is 1. The van der Waals surface area contributed by atoms with Gasteiger partial charge in [-0.1, -0.05) is 18.5 Å². The number of hydrogen-bond acceptors (Lipinski definition) is 3. The van der Waals surface area contributed by atoms with Crippen molar-refractivity contribution in [3.63, 3.8) is 0 Å². The molecule has 1 unspecified atom stereocenters. The number of halogens is 1. The van der Waals surface area contributed by atoms with E-state index in [4.69, 9.17) is 21.4 Å². The molecule has 0 saturated carbocycles. The number of rotatable bonds is 5. The van der Waals surface area contributed by atoms with Gasteiger partial charge in [0.25, 0.3) is 0 Å². The van der Waals surface area contributed by atoms with Gasteiger partial charge in [-0.25, -0.2) is 0 Å². The largest absolute Gasteiger partial charge is 0.495 e. The molecule has 0 radical (unpaired) electrons. The Kier molecular flexibility index (Phi) is 4.63. The molecule has 94 valence electrons. The van der Waals surface area contributed by atoms with Crippen molar-refractivity contribution in [3.05, 3.63) is 23.2 Å².